The van der Waals surface area contributed by atoms with E-state index >= 15 is 0 Å². The zero-order valence-electron chi connectivity index (χ0n) is 15.4. The van der Waals surface area contributed by atoms with Gasteiger partial charge in [-0.05, 0) is 48.4 Å². The summed E-state index contributed by atoms with van der Waals surface area (Å²) in [5, 5.41) is 2.81. The Kier molecular flexibility index (Phi) is 5.11. The van der Waals surface area contributed by atoms with E-state index in [-0.39, 0.29) is 17.4 Å². The molecular weight excluding hydrogens is 324 g/mol. The second kappa shape index (κ2) is 6.48. The summed E-state index contributed by atoms with van der Waals surface area (Å²) in [5.41, 5.74) is 2.68. The van der Waals surface area contributed by atoms with Crippen LogP contribution in [0.5, 0.6) is 0 Å². The monoisotopic (exact) mass is 352 g/mol. The van der Waals surface area contributed by atoms with E-state index in [0.717, 1.165) is 16.7 Å². The maximum Gasteiger partial charge on any atom is 0.243 e. The van der Waals surface area contributed by atoms with Gasteiger partial charge in [-0.15, -0.1) is 0 Å². The SMILES string of the molecule is CC(=O)NC1CCN(S(=O)(=O)c2cc(C(C)(C)C)cc(C)c2C)C1. The number of hydrogen-bond donors (Lipinski definition) is 1. The van der Waals surface area contributed by atoms with E-state index in [1.807, 2.05) is 19.9 Å². The molecule has 0 bridgehead atoms. The van der Waals surface area contributed by atoms with Crippen LogP contribution in [0, 0.1) is 13.8 Å². The van der Waals surface area contributed by atoms with Crippen molar-refractivity contribution in [2.24, 2.45) is 0 Å². The van der Waals surface area contributed by atoms with Crippen LogP contribution in [0.15, 0.2) is 17.0 Å². The number of amides is 1. The summed E-state index contributed by atoms with van der Waals surface area (Å²) in [6.45, 7) is 12.3. The molecule has 1 aliphatic heterocycles. The van der Waals surface area contributed by atoms with Crippen molar-refractivity contribution in [3.8, 4) is 0 Å². The third-order valence-electron chi connectivity index (χ3n) is 4.66. The summed E-state index contributed by atoms with van der Waals surface area (Å²) in [4.78, 5) is 11.6. The molecule has 1 atom stereocenters. The van der Waals surface area contributed by atoms with Crippen LogP contribution in [-0.4, -0.2) is 37.8 Å². The van der Waals surface area contributed by atoms with E-state index in [4.69, 9.17) is 0 Å². The van der Waals surface area contributed by atoms with Crippen LogP contribution in [0.4, 0.5) is 0 Å². The molecule has 1 aromatic carbocycles. The van der Waals surface area contributed by atoms with Crippen molar-refractivity contribution in [1.82, 2.24) is 9.62 Å². The average Bonchev–Trinajstić information content (AvgIpc) is 2.88. The first-order valence-electron chi connectivity index (χ1n) is 8.32. The van der Waals surface area contributed by atoms with Crippen molar-refractivity contribution in [3.05, 3.63) is 28.8 Å². The largest absolute Gasteiger partial charge is 0.352 e. The summed E-state index contributed by atoms with van der Waals surface area (Å²) in [7, 11) is -3.56. The first-order valence-corrected chi connectivity index (χ1v) is 9.76. The van der Waals surface area contributed by atoms with Crippen LogP contribution < -0.4 is 5.32 Å². The maximum atomic E-state index is 13.1. The van der Waals surface area contributed by atoms with E-state index in [9.17, 15) is 13.2 Å². The standard InChI is InChI=1S/C18H28N2O3S/c1-12-9-15(18(4,5)6)10-17(13(12)2)24(22,23)20-8-7-16(11-20)19-14(3)21/h9-10,16H,7-8,11H2,1-6H3,(H,19,21). The van der Waals surface area contributed by atoms with Gasteiger partial charge in [-0.3, -0.25) is 4.79 Å². The van der Waals surface area contributed by atoms with Crippen LogP contribution in [0.25, 0.3) is 0 Å². The molecule has 1 fully saturated rings. The zero-order chi connectivity index (χ0) is 18.3. The van der Waals surface area contributed by atoms with Gasteiger partial charge in [-0.1, -0.05) is 26.8 Å². The number of sulfonamides is 1. The number of hydrogen-bond acceptors (Lipinski definition) is 3. The van der Waals surface area contributed by atoms with Crippen LogP contribution >= 0.6 is 0 Å². The number of nitrogens with zero attached hydrogens (tertiary/aromatic N) is 1. The Bertz CT molecular complexity index is 748. The molecule has 0 radical (unpaired) electrons. The van der Waals surface area contributed by atoms with E-state index in [1.54, 1.807) is 0 Å². The molecule has 1 unspecified atom stereocenters. The van der Waals surface area contributed by atoms with Crippen molar-refractivity contribution in [2.45, 2.75) is 64.3 Å². The smallest absolute Gasteiger partial charge is 0.243 e. The highest BCUT2D eigenvalue weighted by molar-refractivity contribution is 7.89. The molecule has 6 heteroatoms. The summed E-state index contributed by atoms with van der Waals surface area (Å²) >= 11 is 0. The molecule has 2 rings (SSSR count). The summed E-state index contributed by atoms with van der Waals surface area (Å²) in [5.74, 6) is -0.124. The van der Waals surface area contributed by atoms with Gasteiger partial charge in [0.2, 0.25) is 15.9 Å². The van der Waals surface area contributed by atoms with Crippen molar-refractivity contribution in [1.29, 1.82) is 0 Å². The molecule has 1 aliphatic rings. The van der Waals surface area contributed by atoms with E-state index in [0.29, 0.717) is 24.4 Å². The van der Waals surface area contributed by atoms with Gasteiger partial charge in [0.25, 0.3) is 0 Å². The number of benzene rings is 1. The van der Waals surface area contributed by atoms with Gasteiger partial charge in [0.15, 0.2) is 0 Å². The number of carbonyl (C=O) groups excluding carboxylic acids is 1. The highest BCUT2D eigenvalue weighted by Crippen LogP contribution is 2.31. The topological polar surface area (TPSA) is 66.5 Å². The minimum absolute atomic E-state index is 0.107. The molecule has 0 aliphatic carbocycles. The van der Waals surface area contributed by atoms with Gasteiger partial charge in [0, 0.05) is 26.1 Å². The number of nitrogens with one attached hydrogen (secondary N) is 1. The molecule has 24 heavy (non-hydrogen) atoms. The Labute approximate surface area is 145 Å². The third-order valence-corrected chi connectivity index (χ3v) is 6.65. The zero-order valence-corrected chi connectivity index (χ0v) is 16.3. The predicted octanol–water partition coefficient (Wildman–Crippen LogP) is 2.50. The number of aryl methyl sites for hydroxylation is 1. The Balaban J connectivity index is 2.40. The normalized spacial score (nSPS) is 19.5. The molecule has 1 aromatic rings. The quantitative estimate of drug-likeness (QED) is 0.909. The van der Waals surface area contributed by atoms with Crippen LogP contribution in [0.3, 0.4) is 0 Å². The molecular formula is C18H28N2O3S. The lowest BCUT2D eigenvalue weighted by molar-refractivity contribution is -0.119. The van der Waals surface area contributed by atoms with E-state index in [1.165, 1.54) is 11.2 Å². The predicted molar refractivity (Wildman–Crippen MR) is 95.6 cm³/mol. The molecule has 1 N–H and O–H groups in total. The van der Waals surface area contributed by atoms with Gasteiger partial charge in [0.1, 0.15) is 0 Å². The fraction of sp³-hybridized carbons (Fsp3) is 0.611. The maximum absolute atomic E-state index is 13.1. The van der Waals surface area contributed by atoms with Gasteiger partial charge >= 0.3 is 0 Å². The molecule has 1 amide bonds. The highest BCUT2D eigenvalue weighted by atomic mass is 32.2. The fourth-order valence-electron chi connectivity index (χ4n) is 3.02. The van der Waals surface area contributed by atoms with Crippen molar-refractivity contribution < 1.29 is 13.2 Å². The molecule has 1 saturated heterocycles. The molecule has 1 heterocycles. The first kappa shape index (κ1) is 18.9. The van der Waals surface area contributed by atoms with E-state index in [2.05, 4.69) is 32.2 Å². The molecule has 0 spiro atoms. The van der Waals surface area contributed by atoms with Crippen LogP contribution in [0.2, 0.25) is 0 Å². The van der Waals surface area contributed by atoms with Gasteiger partial charge < -0.3 is 5.32 Å². The Morgan fingerprint density at radius 1 is 1.25 bits per heavy atom. The highest BCUT2D eigenvalue weighted by Gasteiger charge is 2.34. The van der Waals surface area contributed by atoms with Crippen molar-refractivity contribution >= 4 is 15.9 Å². The molecule has 0 saturated carbocycles. The van der Waals surface area contributed by atoms with Crippen LogP contribution in [-0.2, 0) is 20.2 Å². The van der Waals surface area contributed by atoms with Crippen LogP contribution in [0.1, 0.15) is 50.8 Å². The number of carbonyl (C=O) groups is 1. The lowest BCUT2D eigenvalue weighted by Gasteiger charge is -2.24. The lowest BCUT2D eigenvalue weighted by atomic mass is 9.85. The Morgan fingerprint density at radius 3 is 2.42 bits per heavy atom. The third kappa shape index (κ3) is 3.81. The van der Waals surface area contributed by atoms with Crippen molar-refractivity contribution in [2.75, 3.05) is 13.1 Å². The van der Waals surface area contributed by atoms with Gasteiger partial charge in [-0.25, -0.2) is 8.42 Å². The van der Waals surface area contributed by atoms with Crippen molar-refractivity contribution in [3.63, 3.8) is 0 Å². The molecule has 0 aromatic heterocycles. The Hall–Kier alpha value is -1.40. The minimum Gasteiger partial charge on any atom is -0.352 e. The first-order chi connectivity index (χ1) is 10.9. The average molecular weight is 353 g/mol. The van der Waals surface area contributed by atoms with E-state index < -0.39 is 10.0 Å². The molecule has 134 valence electrons. The Morgan fingerprint density at radius 2 is 1.88 bits per heavy atom. The van der Waals surface area contributed by atoms with Gasteiger partial charge in [-0.2, -0.15) is 4.31 Å². The molecule has 5 nitrogen and oxygen atoms in total. The van der Waals surface area contributed by atoms with Gasteiger partial charge in [0.05, 0.1) is 4.90 Å². The summed E-state index contributed by atoms with van der Waals surface area (Å²) < 4.78 is 27.8. The number of rotatable bonds is 3. The summed E-state index contributed by atoms with van der Waals surface area (Å²) in [6, 6.07) is 3.77. The lowest BCUT2D eigenvalue weighted by Crippen LogP contribution is -2.37. The minimum atomic E-state index is -3.56. The summed E-state index contributed by atoms with van der Waals surface area (Å²) in [6.07, 6.45) is 0.649. The fourth-order valence-corrected chi connectivity index (χ4v) is 4.84. The second-order valence-corrected chi connectivity index (χ2v) is 9.62. The second-order valence-electron chi connectivity index (χ2n) is 7.72.